The molecule has 37 heavy (non-hydrogen) atoms. The lowest BCUT2D eigenvalue weighted by Gasteiger charge is -2.33. The zero-order valence-electron chi connectivity index (χ0n) is 21.6. The summed E-state index contributed by atoms with van der Waals surface area (Å²) in [4.78, 5) is 23.4. The third kappa shape index (κ3) is 8.67. The largest absolute Gasteiger partial charge is 0.389 e. The Bertz CT molecular complexity index is 1080. The number of rotatable bonds is 8. The van der Waals surface area contributed by atoms with Gasteiger partial charge in [0.15, 0.2) is 0 Å². The van der Waals surface area contributed by atoms with Gasteiger partial charge in [0.25, 0.3) is 5.91 Å². The number of alkyl halides is 3. The van der Waals surface area contributed by atoms with Crippen LogP contribution in [-0.2, 0) is 30.5 Å². The third-order valence-electron chi connectivity index (χ3n) is 7.62. The molecular formula is C27H36F3N5OS. The average molecular weight is 536 g/mol. The average Bonchev–Trinajstić information content (AvgIpc) is 3.16. The molecule has 202 valence electrons. The van der Waals surface area contributed by atoms with E-state index in [1.807, 2.05) is 19.2 Å². The van der Waals surface area contributed by atoms with E-state index < -0.39 is 12.6 Å². The maximum absolute atomic E-state index is 12.6. The van der Waals surface area contributed by atoms with Gasteiger partial charge in [-0.2, -0.15) is 13.2 Å². The fourth-order valence-corrected chi connectivity index (χ4v) is 6.16. The van der Waals surface area contributed by atoms with Crippen LogP contribution in [0.5, 0.6) is 0 Å². The molecule has 0 aromatic carbocycles. The van der Waals surface area contributed by atoms with E-state index in [0.717, 1.165) is 68.9 Å². The van der Waals surface area contributed by atoms with Crippen molar-refractivity contribution in [2.45, 2.75) is 77.8 Å². The van der Waals surface area contributed by atoms with Crippen molar-refractivity contribution in [2.75, 3.05) is 19.6 Å². The molecule has 2 aromatic heterocycles. The number of carbonyl (C=O) groups is 1. The maximum Gasteiger partial charge on any atom is 0.389 e. The van der Waals surface area contributed by atoms with Gasteiger partial charge in [0, 0.05) is 50.1 Å². The standard InChI is InChI=1S/C27H36F3N5OS/c1-18(21-5-3-20(4-6-21)16-31-25(36)15-26-34-33-19(2)37-26)17-35-13-10-22-7-8-23(9-12-27(28,29)30)32-24(22)11-14-35/h7-8,16,18,20-21H,3-6,9-15,17H2,1-2H3/t18-,20?,21?/m0/s1. The molecule has 1 amide bonds. The summed E-state index contributed by atoms with van der Waals surface area (Å²) in [5.74, 6) is 1.42. The number of aliphatic imine (C=N–C) groups is 1. The summed E-state index contributed by atoms with van der Waals surface area (Å²) in [6.45, 7) is 7.08. The molecule has 0 saturated heterocycles. The van der Waals surface area contributed by atoms with Crippen molar-refractivity contribution in [1.29, 1.82) is 0 Å². The van der Waals surface area contributed by atoms with Crippen LogP contribution in [-0.4, -0.2) is 58.0 Å². The van der Waals surface area contributed by atoms with Crippen LogP contribution in [0.1, 0.15) is 66.0 Å². The van der Waals surface area contributed by atoms with E-state index in [-0.39, 0.29) is 18.7 Å². The highest BCUT2D eigenvalue weighted by Gasteiger charge is 2.28. The first-order valence-corrected chi connectivity index (χ1v) is 14.1. The molecule has 3 heterocycles. The number of fused-ring (bicyclic) bond motifs is 1. The van der Waals surface area contributed by atoms with Gasteiger partial charge in [-0.05, 0) is 74.8 Å². The van der Waals surface area contributed by atoms with Gasteiger partial charge in [-0.25, -0.2) is 4.99 Å². The molecule has 0 unspecified atom stereocenters. The van der Waals surface area contributed by atoms with Crippen LogP contribution < -0.4 is 0 Å². The minimum absolute atomic E-state index is 0.0535. The SMILES string of the molecule is Cc1nnc(CC(=O)N=CC2CCC([C@@H](C)CN3CCc4ccc(CCC(F)(F)F)nc4CC3)CC2)s1. The van der Waals surface area contributed by atoms with Gasteiger partial charge in [0.1, 0.15) is 10.0 Å². The van der Waals surface area contributed by atoms with E-state index >= 15 is 0 Å². The summed E-state index contributed by atoms with van der Waals surface area (Å²) in [5.41, 5.74) is 2.67. The molecule has 1 saturated carbocycles. The van der Waals surface area contributed by atoms with Gasteiger partial charge in [-0.1, -0.05) is 13.0 Å². The van der Waals surface area contributed by atoms with Crippen LogP contribution in [0.4, 0.5) is 13.2 Å². The molecule has 0 N–H and O–H groups in total. The normalized spacial score (nSPS) is 22.1. The number of carbonyl (C=O) groups excluding carboxylic acids is 1. The molecule has 6 nitrogen and oxygen atoms in total. The number of pyridine rings is 1. The van der Waals surface area contributed by atoms with Crippen LogP contribution in [0.25, 0.3) is 0 Å². The van der Waals surface area contributed by atoms with Crippen LogP contribution in [0, 0.1) is 24.7 Å². The van der Waals surface area contributed by atoms with Crippen LogP contribution >= 0.6 is 11.3 Å². The first-order valence-electron chi connectivity index (χ1n) is 13.3. The molecule has 0 radical (unpaired) electrons. The van der Waals surface area contributed by atoms with E-state index in [1.165, 1.54) is 16.9 Å². The molecular weight excluding hydrogens is 499 g/mol. The van der Waals surface area contributed by atoms with Crippen molar-refractivity contribution in [2.24, 2.45) is 22.7 Å². The van der Waals surface area contributed by atoms with E-state index in [1.54, 1.807) is 6.07 Å². The summed E-state index contributed by atoms with van der Waals surface area (Å²) in [6.07, 6.45) is 3.11. The quantitative estimate of drug-likeness (QED) is 0.422. The molecule has 0 bridgehead atoms. The molecule has 1 aliphatic carbocycles. The zero-order valence-corrected chi connectivity index (χ0v) is 22.5. The molecule has 0 spiro atoms. The Hall–Kier alpha value is -2.20. The lowest BCUT2D eigenvalue weighted by Crippen LogP contribution is -2.34. The lowest BCUT2D eigenvalue weighted by atomic mass is 9.76. The molecule has 10 heteroatoms. The summed E-state index contributed by atoms with van der Waals surface area (Å²) >= 11 is 1.43. The fourth-order valence-electron chi connectivity index (χ4n) is 5.46. The number of amides is 1. The predicted molar refractivity (Wildman–Crippen MR) is 139 cm³/mol. The molecule has 1 aliphatic heterocycles. The zero-order chi connectivity index (χ0) is 26.4. The Balaban J connectivity index is 1.20. The van der Waals surface area contributed by atoms with E-state index in [2.05, 4.69) is 32.0 Å². The molecule has 4 rings (SSSR count). The number of nitrogens with zero attached hydrogens (tertiary/aromatic N) is 5. The van der Waals surface area contributed by atoms with E-state index in [4.69, 9.17) is 0 Å². The molecule has 1 fully saturated rings. The van der Waals surface area contributed by atoms with E-state index in [9.17, 15) is 18.0 Å². The van der Waals surface area contributed by atoms with Gasteiger partial charge in [-0.3, -0.25) is 9.78 Å². The Morgan fingerprint density at radius 2 is 1.95 bits per heavy atom. The van der Waals surface area contributed by atoms with Crippen molar-refractivity contribution < 1.29 is 18.0 Å². The second-order valence-electron chi connectivity index (χ2n) is 10.5. The number of hydrogen-bond acceptors (Lipinski definition) is 6. The Morgan fingerprint density at radius 3 is 2.65 bits per heavy atom. The summed E-state index contributed by atoms with van der Waals surface area (Å²) in [7, 11) is 0. The highest BCUT2D eigenvalue weighted by molar-refractivity contribution is 7.11. The third-order valence-corrected chi connectivity index (χ3v) is 8.46. The maximum atomic E-state index is 12.6. The minimum Gasteiger partial charge on any atom is -0.302 e. The van der Waals surface area contributed by atoms with Crippen molar-refractivity contribution in [3.05, 3.63) is 39.1 Å². The first-order chi connectivity index (χ1) is 17.6. The minimum atomic E-state index is -4.15. The van der Waals surface area contributed by atoms with Crippen LogP contribution in [0.15, 0.2) is 17.1 Å². The van der Waals surface area contributed by atoms with Crippen molar-refractivity contribution in [3.63, 3.8) is 0 Å². The fraction of sp³-hybridized carbons (Fsp3) is 0.667. The van der Waals surface area contributed by atoms with Gasteiger partial charge in [0.2, 0.25) is 0 Å². The van der Waals surface area contributed by atoms with Gasteiger partial charge in [-0.15, -0.1) is 21.5 Å². The molecule has 1 atom stereocenters. The highest BCUT2D eigenvalue weighted by atomic mass is 32.1. The number of aryl methyl sites for hydroxylation is 2. The van der Waals surface area contributed by atoms with Crippen LogP contribution in [0.2, 0.25) is 0 Å². The molecule has 2 aliphatic rings. The lowest BCUT2D eigenvalue weighted by molar-refractivity contribution is -0.134. The highest BCUT2D eigenvalue weighted by Crippen LogP contribution is 2.33. The summed E-state index contributed by atoms with van der Waals surface area (Å²) in [6, 6.07) is 3.73. The Kier molecular flexibility index (Phi) is 9.45. The topological polar surface area (TPSA) is 71.3 Å². The van der Waals surface area contributed by atoms with Gasteiger partial charge >= 0.3 is 6.18 Å². The monoisotopic (exact) mass is 535 g/mol. The number of hydrogen-bond donors (Lipinski definition) is 0. The van der Waals surface area contributed by atoms with Gasteiger partial charge < -0.3 is 4.90 Å². The Morgan fingerprint density at radius 1 is 1.19 bits per heavy atom. The van der Waals surface area contributed by atoms with E-state index in [0.29, 0.717) is 28.5 Å². The second kappa shape index (κ2) is 12.6. The summed E-state index contributed by atoms with van der Waals surface area (Å²) < 4.78 is 37.7. The van der Waals surface area contributed by atoms with Gasteiger partial charge in [0.05, 0.1) is 6.42 Å². The number of halogens is 3. The van der Waals surface area contributed by atoms with Crippen molar-refractivity contribution >= 4 is 23.5 Å². The van der Waals surface area contributed by atoms with Crippen LogP contribution in [0.3, 0.4) is 0 Å². The predicted octanol–water partition coefficient (Wildman–Crippen LogP) is 5.42. The molecule has 2 aromatic rings. The summed E-state index contributed by atoms with van der Waals surface area (Å²) in [5, 5.41) is 9.51. The second-order valence-corrected chi connectivity index (χ2v) is 11.8. The Labute approximate surface area is 220 Å². The van der Waals surface area contributed by atoms with Crippen molar-refractivity contribution in [3.8, 4) is 0 Å². The smallest absolute Gasteiger partial charge is 0.302 e. The first kappa shape index (κ1) is 27.8. The number of aromatic nitrogens is 3. The van der Waals surface area contributed by atoms with Crippen molar-refractivity contribution in [1.82, 2.24) is 20.1 Å².